The highest BCUT2D eigenvalue weighted by molar-refractivity contribution is 5.81. The molecular weight excluding hydrogens is 190 g/mol. The first-order chi connectivity index (χ1) is 7.34. The molecule has 0 atom stereocenters. The molecule has 0 saturated carbocycles. The van der Waals surface area contributed by atoms with Crippen molar-refractivity contribution in [3.05, 3.63) is 28.6 Å². The zero-order valence-electron chi connectivity index (χ0n) is 8.42. The summed E-state index contributed by atoms with van der Waals surface area (Å²) in [4.78, 5) is 13.7. The molecule has 15 heavy (non-hydrogen) atoms. The lowest BCUT2D eigenvalue weighted by molar-refractivity contribution is 0.949. The minimum Gasteiger partial charge on any atom is -0.371 e. The van der Waals surface area contributed by atoms with E-state index in [-0.39, 0.29) is 5.56 Å². The highest BCUT2D eigenvalue weighted by atomic mass is 16.1. The van der Waals surface area contributed by atoms with Crippen LogP contribution in [0, 0.1) is 0 Å². The van der Waals surface area contributed by atoms with Crippen LogP contribution in [-0.2, 0) is 0 Å². The van der Waals surface area contributed by atoms with Gasteiger partial charge in [-0.2, -0.15) is 0 Å². The molecule has 1 aromatic carbocycles. The van der Waals surface area contributed by atoms with Crippen molar-refractivity contribution in [2.75, 3.05) is 18.0 Å². The maximum atomic E-state index is 11.3. The summed E-state index contributed by atoms with van der Waals surface area (Å²) in [6.07, 6.45) is 2.53. The zero-order chi connectivity index (χ0) is 10.3. The van der Waals surface area contributed by atoms with E-state index in [1.165, 1.54) is 18.5 Å². The first kappa shape index (κ1) is 8.59. The van der Waals surface area contributed by atoms with Gasteiger partial charge in [-0.15, -0.1) is 0 Å². The summed E-state index contributed by atoms with van der Waals surface area (Å²) >= 11 is 0. The minimum atomic E-state index is -0.0435. The summed E-state index contributed by atoms with van der Waals surface area (Å²) in [5, 5.41) is 6.22. The van der Waals surface area contributed by atoms with Crippen molar-refractivity contribution in [2.24, 2.45) is 0 Å². The van der Waals surface area contributed by atoms with E-state index in [0.717, 1.165) is 24.0 Å². The van der Waals surface area contributed by atoms with Crippen LogP contribution in [0.2, 0.25) is 0 Å². The molecule has 0 aliphatic carbocycles. The summed E-state index contributed by atoms with van der Waals surface area (Å²) in [7, 11) is 0. The Morgan fingerprint density at radius 1 is 1.13 bits per heavy atom. The topological polar surface area (TPSA) is 51.9 Å². The SMILES string of the molecule is O=c1[nH][nH]c2cc(N3CCCC3)ccc12. The Kier molecular flexibility index (Phi) is 1.80. The van der Waals surface area contributed by atoms with Gasteiger partial charge in [0.1, 0.15) is 0 Å². The van der Waals surface area contributed by atoms with Crippen LogP contribution in [0.3, 0.4) is 0 Å². The lowest BCUT2D eigenvalue weighted by Gasteiger charge is -2.17. The van der Waals surface area contributed by atoms with E-state index < -0.39 is 0 Å². The van der Waals surface area contributed by atoms with Gasteiger partial charge in [0.15, 0.2) is 0 Å². The molecule has 0 radical (unpaired) electrons. The molecule has 0 bridgehead atoms. The molecule has 78 valence electrons. The smallest absolute Gasteiger partial charge is 0.271 e. The Morgan fingerprint density at radius 2 is 1.93 bits per heavy atom. The quantitative estimate of drug-likeness (QED) is 0.737. The molecule has 2 heterocycles. The number of nitrogens with one attached hydrogen (secondary N) is 2. The van der Waals surface area contributed by atoms with Gasteiger partial charge in [0.2, 0.25) is 0 Å². The second-order valence-electron chi connectivity index (χ2n) is 4.00. The Morgan fingerprint density at radius 3 is 2.73 bits per heavy atom. The molecule has 0 unspecified atom stereocenters. The Hall–Kier alpha value is -1.71. The van der Waals surface area contributed by atoms with Crippen LogP contribution in [0.1, 0.15) is 12.8 Å². The summed E-state index contributed by atoms with van der Waals surface area (Å²) in [5.74, 6) is 0. The Labute approximate surface area is 86.9 Å². The van der Waals surface area contributed by atoms with Gasteiger partial charge < -0.3 is 4.90 Å². The molecule has 2 aromatic rings. The molecule has 1 aromatic heterocycles. The number of hydrogen-bond donors (Lipinski definition) is 2. The molecule has 1 aliphatic rings. The number of aromatic nitrogens is 2. The number of nitrogens with zero attached hydrogens (tertiary/aromatic N) is 1. The largest absolute Gasteiger partial charge is 0.371 e. The van der Waals surface area contributed by atoms with Crippen molar-refractivity contribution >= 4 is 16.6 Å². The molecule has 0 amide bonds. The number of fused-ring (bicyclic) bond motifs is 1. The van der Waals surface area contributed by atoms with Gasteiger partial charge >= 0.3 is 0 Å². The average molecular weight is 203 g/mol. The van der Waals surface area contributed by atoms with Crippen molar-refractivity contribution in [3.8, 4) is 0 Å². The van der Waals surface area contributed by atoms with Crippen molar-refractivity contribution in [1.82, 2.24) is 10.2 Å². The lowest BCUT2D eigenvalue weighted by atomic mass is 10.2. The number of rotatable bonds is 1. The van der Waals surface area contributed by atoms with E-state index in [9.17, 15) is 4.79 Å². The third kappa shape index (κ3) is 1.33. The maximum absolute atomic E-state index is 11.3. The van der Waals surface area contributed by atoms with E-state index in [0.29, 0.717) is 0 Å². The monoisotopic (exact) mass is 203 g/mol. The highest BCUT2D eigenvalue weighted by Gasteiger charge is 2.13. The van der Waals surface area contributed by atoms with Crippen LogP contribution in [0.4, 0.5) is 5.69 Å². The number of aromatic amines is 2. The summed E-state index contributed by atoms with van der Waals surface area (Å²) in [6, 6.07) is 5.95. The molecule has 1 fully saturated rings. The van der Waals surface area contributed by atoms with E-state index >= 15 is 0 Å². The second kappa shape index (κ2) is 3.15. The van der Waals surface area contributed by atoms with Gasteiger partial charge in [-0.25, -0.2) is 0 Å². The number of H-pyrrole nitrogens is 2. The first-order valence-electron chi connectivity index (χ1n) is 5.30. The van der Waals surface area contributed by atoms with E-state index in [2.05, 4.69) is 15.1 Å². The van der Waals surface area contributed by atoms with E-state index in [1.807, 2.05) is 18.2 Å². The fraction of sp³-hybridized carbons (Fsp3) is 0.364. The third-order valence-corrected chi connectivity index (χ3v) is 3.03. The lowest BCUT2D eigenvalue weighted by Crippen LogP contribution is -2.17. The summed E-state index contributed by atoms with van der Waals surface area (Å²) in [5.41, 5.74) is 2.05. The van der Waals surface area contributed by atoms with Crippen molar-refractivity contribution in [2.45, 2.75) is 12.8 Å². The molecular formula is C11H13N3O. The fourth-order valence-electron chi connectivity index (χ4n) is 2.20. The zero-order valence-corrected chi connectivity index (χ0v) is 8.42. The van der Waals surface area contributed by atoms with Crippen LogP contribution in [0.15, 0.2) is 23.0 Å². The molecule has 1 aliphatic heterocycles. The van der Waals surface area contributed by atoms with Crippen LogP contribution >= 0.6 is 0 Å². The van der Waals surface area contributed by atoms with Crippen molar-refractivity contribution in [3.63, 3.8) is 0 Å². The minimum absolute atomic E-state index is 0.0435. The summed E-state index contributed by atoms with van der Waals surface area (Å²) in [6.45, 7) is 2.25. The number of anilines is 1. The number of benzene rings is 1. The summed E-state index contributed by atoms with van der Waals surface area (Å²) < 4.78 is 0. The van der Waals surface area contributed by atoms with Gasteiger partial charge in [0.05, 0.1) is 10.9 Å². The molecule has 4 heteroatoms. The molecule has 2 N–H and O–H groups in total. The van der Waals surface area contributed by atoms with Crippen LogP contribution in [0.5, 0.6) is 0 Å². The van der Waals surface area contributed by atoms with Gasteiger partial charge in [-0.05, 0) is 31.0 Å². The molecule has 3 rings (SSSR count). The van der Waals surface area contributed by atoms with Gasteiger partial charge in [0.25, 0.3) is 5.56 Å². The Bertz CT molecular complexity index is 534. The third-order valence-electron chi connectivity index (χ3n) is 3.03. The Balaban J connectivity index is 2.09. The fourth-order valence-corrected chi connectivity index (χ4v) is 2.20. The normalized spacial score (nSPS) is 16.4. The standard InChI is InChI=1S/C11H13N3O/c15-11-9-4-3-8(7-10(9)12-13-11)14-5-1-2-6-14/h3-4,7H,1-2,5-6H2,(H2,12,13,15). The molecule has 0 spiro atoms. The van der Waals surface area contributed by atoms with Gasteiger partial charge in [0, 0.05) is 18.8 Å². The molecule has 1 saturated heterocycles. The predicted molar refractivity (Wildman–Crippen MR) is 60.4 cm³/mol. The van der Waals surface area contributed by atoms with Crippen molar-refractivity contribution in [1.29, 1.82) is 0 Å². The number of hydrogen-bond acceptors (Lipinski definition) is 2. The van der Waals surface area contributed by atoms with E-state index in [1.54, 1.807) is 0 Å². The average Bonchev–Trinajstić information content (AvgIpc) is 2.88. The van der Waals surface area contributed by atoms with Gasteiger partial charge in [-0.3, -0.25) is 15.0 Å². The second-order valence-corrected chi connectivity index (χ2v) is 4.00. The highest BCUT2D eigenvalue weighted by Crippen LogP contribution is 2.22. The van der Waals surface area contributed by atoms with Crippen LogP contribution in [0.25, 0.3) is 10.9 Å². The van der Waals surface area contributed by atoms with E-state index in [4.69, 9.17) is 0 Å². The molecule has 4 nitrogen and oxygen atoms in total. The van der Waals surface area contributed by atoms with Crippen LogP contribution < -0.4 is 10.5 Å². The van der Waals surface area contributed by atoms with Gasteiger partial charge in [-0.1, -0.05) is 0 Å². The maximum Gasteiger partial charge on any atom is 0.271 e. The van der Waals surface area contributed by atoms with Crippen LogP contribution in [-0.4, -0.2) is 23.3 Å². The predicted octanol–water partition coefficient (Wildman–Crippen LogP) is 1.46. The van der Waals surface area contributed by atoms with Crippen molar-refractivity contribution < 1.29 is 0 Å². The first-order valence-corrected chi connectivity index (χ1v) is 5.30.